The van der Waals surface area contributed by atoms with Gasteiger partial charge in [-0.1, -0.05) is 30.7 Å². The molecule has 0 aliphatic carbocycles. The maximum atomic E-state index is 11.9. The van der Waals surface area contributed by atoms with Crippen LogP contribution in [0.4, 0.5) is 0 Å². The number of carbonyl (C=O) groups is 1. The van der Waals surface area contributed by atoms with E-state index in [1.165, 1.54) is 6.08 Å². The highest BCUT2D eigenvalue weighted by atomic mass is 32.2. The smallest absolute Gasteiger partial charge is 0.243 e. The van der Waals surface area contributed by atoms with Crippen LogP contribution in [0.1, 0.15) is 18.9 Å². The third-order valence-corrected chi connectivity index (χ3v) is 4.03. The number of aryl methyl sites for hydroxylation is 1. The molecule has 0 unspecified atom stereocenters. The third-order valence-electron chi connectivity index (χ3n) is 2.55. The van der Waals surface area contributed by atoms with Crippen LogP contribution < -0.4 is 10.0 Å². The molecule has 0 saturated heterocycles. The zero-order valence-electron chi connectivity index (χ0n) is 11.7. The van der Waals surface area contributed by atoms with E-state index in [1.54, 1.807) is 30.3 Å². The Morgan fingerprint density at radius 3 is 2.45 bits per heavy atom. The van der Waals surface area contributed by atoms with Crippen LogP contribution >= 0.6 is 0 Å². The Balaban J connectivity index is 2.43. The van der Waals surface area contributed by atoms with Gasteiger partial charge >= 0.3 is 0 Å². The first-order valence-corrected chi connectivity index (χ1v) is 7.94. The van der Waals surface area contributed by atoms with Crippen LogP contribution in [0.25, 0.3) is 0 Å². The van der Waals surface area contributed by atoms with Gasteiger partial charge in [0.2, 0.25) is 15.9 Å². The van der Waals surface area contributed by atoms with Crippen molar-refractivity contribution >= 4 is 15.9 Å². The molecule has 0 heterocycles. The largest absolute Gasteiger partial charge is 0.351 e. The summed E-state index contributed by atoms with van der Waals surface area (Å²) in [6.07, 6.45) is 3.97. The Bertz CT molecular complexity index is 563. The quantitative estimate of drug-likeness (QED) is 0.589. The molecule has 20 heavy (non-hydrogen) atoms. The Morgan fingerprint density at radius 1 is 1.20 bits per heavy atom. The molecular weight excluding hydrogens is 276 g/mol. The highest BCUT2D eigenvalue weighted by Gasteiger charge is 2.12. The monoisotopic (exact) mass is 296 g/mol. The molecule has 1 aromatic rings. The molecule has 0 atom stereocenters. The molecule has 0 spiro atoms. The lowest BCUT2D eigenvalue weighted by atomic mass is 10.2. The van der Waals surface area contributed by atoms with Gasteiger partial charge in [-0.05, 0) is 31.6 Å². The number of allylic oxidation sites excluding steroid dienone is 1. The Kier molecular flexibility index (Phi) is 6.41. The molecule has 0 bridgehead atoms. The van der Waals surface area contributed by atoms with E-state index >= 15 is 0 Å². The van der Waals surface area contributed by atoms with Gasteiger partial charge in [0.15, 0.2) is 0 Å². The fraction of sp³-hybridized carbons (Fsp3) is 0.357. The highest BCUT2D eigenvalue weighted by Crippen LogP contribution is 2.09. The molecule has 2 N–H and O–H groups in total. The van der Waals surface area contributed by atoms with E-state index in [1.807, 2.05) is 13.8 Å². The minimum Gasteiger partial charge on any atom is -0.351 e. The van der Waals surface area contributed by atoms with Gasteiger partial charge in [0.25, 0.3) is 0 Å². The van der Waals surface area contributed by atoms with Crippen molar-refractivity contribution in [1.82, 2.24) is 10.0 Å². The van der Waals surface area contributed by atoms with Crippen LogP contribution in [0.5, 0.6) is 0 Å². The molecule has 0 saturated carbocycles. The van der Waals surface area contributed by atoms with Crippen molar-refractivity contribution in [3.8, 4) is 0 Å². The number of hydrogen-bond acceptors (Lipinski definition) is 3. The first kappa shape index (κ1) is 16.4. The van der Waals surface area contributed by atoms with Crippen molar-refractivity contribution in [2.24, 2.45) is 0 Å². The number of hydrogen-bond donors (Lipinski definition) is 2. The molecule has 1 aromatic carbocycles. The molecule has 1 rings (SSSR count). The highest BCUT2D eigenvalue weighted by molar-refractivity contribution is 7.89. The summed E-state index contributed by atoms with van der Waals surface area (Å²) >= 11 is 0. The normalized spacial score (nSPS) is 11.7. The minimum absolute atomic E-state index is 0.155. The van der Waals surface area contributed by atoms with Gasteiger partial charge in [-0.2, -0.15) is 0 Å². The van der Waals surface area contributed by atoms with Crippen LogP contribution in [-0.2, 0) is 14.8 Å². The number of benzene rings is 1. The Morgan fingerprint density at radius 2 is 1.85 bits per heavy atom. The standard InChI is InChI=1S/C14H20N2O3S/c1-3-4-5-14(17)15-10-11-16-20(18,19)13-8-6-12(2)7-9-13/h4-9,16H,3,10-11H2,1-2H3,(H,15,17)/b5-4+. The van der Waals surface area contributed by atoms with Crippen molar-refractivity contribution in [3.05, 3.63) is 42.0 Å². The third kappa shape index (κ3) is 5.54. The van der Waals surface area contributed by atoms with Crippen LogP contribution in [-0.4, -0.2) is 27.4 Å². The molecule has 0 fully saturated rings. The van der Waals surface area contributed by atoms with Gasteiger partial charge in [-0.15, -0.1) is 0 Å². The van der Waals surface area contributed by atoms with Crippen LogP contribution in [0.15, 0.2) is 41.3 Å². The summed E-state index contributed by atoms with van der Waals surface area (Å²) in [7, 11) is -3.51. The van der Waals surface area contributed by atoms with E-state index in [0.717, 1.165) is 12.0 Å². The molecular formula is C14H20N2O3S. The number of nitrogens with one attached hydrogen (secondary N) is 2. The van der Waals surface area contributed by atoms with E-state index < -0.39 is 10.0 Å². The van der Waals surface area contributed by atoms with Crippen LogP contribution in [0.3, 0.4) is 0 Å². The predicted molar refractivity (Wildman–Crippen MR) is 78.8 cm³/mol. The second-order valence-electron chi connectivity index (χ2n) is 4.31. The Hall–Kier alpha value is -1.66. The molecule has 0 aliphatic rings. The van der Waals surface area contributed by atoms with Crippen molar-refractivity contribution in [2.75, 3.05) is 13.1 Å². The predicted octanol–water partition coefficient (Wildman–Crippen LogP) is 1.36. The average molecular weight is 296 g/mol. The van der Waals surface area contributed by atoms with E-state index in [4.69, 9.17) is 0 Å². The number of rotatable bonds is 7. The van der Waals surface area contributed by atoms with E-state index in [9.17, 15) is 13.2 Å². The number of amides is 1. The second-order valence-corrected chi connectivity index (χ2v) is 6.08. The number of sulfonamides is 1. The molecule has 0 aliphatic heterocycles. The van der Waals surface area contributed by atoms with Gasteiger partial charge < -0.3 is 5.32 Å². The maximum Gasteiger partial charge on any atom is 0.243 e. The first-order valence-electron chi connectivity index (χ1n) is 6.46. The van der Waals surface area contributed by atoms with Gasteiger partial charge in [0.05, 0.1) is 4.90 Å². The Labute approximate surface area is 120 Å². The van der Waals surface area contributed by atoms with E-state index in [0.29, 0.717) is 0 Å². The van der Waals surface area contributed by atoms with Gasteiger partial charge in [-0.25, -0.2) is 13.1 Å². The van der Waals surface area contributed by atoms with Gasteiger partial charge in [0.1, 0.15) is 0 Å². The van der Waals surface area contributed by atoms with Crippen molar-refractivity contribution in [1.29, 1.82) is 0 Å². The maximum absolute atomic E-state index is 11.9. The first-order chi connectivity index (χ1) is 9.45. The van der Waals surface area contributed by atoms with Gasteiger partial charge in [-0.3, -0.25) is 4.79 Å². The van der Waals surface area contributed by atoms with Gasteiger partial charge in [0, 0.05) is 13.1 Å². The lowest BCUT2D eigenvalue weighted by Gasteiger charge is -2.07. The topological polar surface area (TPSA) is 75.3 Å². The zero-order chi connectivity index (χ0) is 15.0. The lowest BCUT2D eigenvalue weighted by molar-refractivity contribution is -0.116. The second kappa shape index (κ2) is 7.81. The SMILES string of the molecule is CC/C=C/C(=O)NCCNS(=O)(=O)c1ccc(C)cc1. The van der Waals surface area contributed by atoms with Crippen molar-refractivity contribution in [3.63, 3.8) is 0 Å². The molecule has 110 valence electrons. The zero-order valence-corrected chi connectivity index (χ0v) is 12.5. The van der Waals surface area contributed by atoms with Crippen LogP contribution in [0, 0.1) is 6.92 Å². The molecule has 5 nitrogen and oxygen atoms in total. The minimum atomic E-state index is -3.51. The van der Waals surface area contributed by atoms with Crippen molar-refractivity contribution in [2.45, 2.75) is 25.2 Å². The molecule has 0 aromatic heterocycles. The molecule has 0 radical (unpaired) electrons. The summed E-state index contributed by atoms with van der Waals surface area (Å²) in [6, 6.07) is 6.60. The summed E-state index contributed by atoms with van der Waals surface area (Å²) in [5.74, 6) is -0.221. The average Bonchev–Trinajstić information content (AvgIpc) is 2.42. The molecule has 6 heteroatoms. The van der Waals surface area contributed by atoms with E-state index in [2.05, 4.69) is 10.0 Å². The van der Waals surface area contributed by atoms with E-state index in [-0.39, 0.29) is 23.9 Å². The number of carbonyl (C=O) groups excluding carboxylic acids is 1. The molecule has 1 amide bonds. The summed E-state index contributed by atoms with van der Waals surface area (Å²) < 4.78 is 26.3. The summed E-state index contributed by atoms with van der Waals surface area (Å²) in [4.78, 5) is 11.5. The fourth-order valence-electron chi connectivity index (χ4n) is 1.46. The lowest BCUT2D eigenvalue weighted by Crippen LogP contribution is -2.34. The summed E-state index contributed by atoms with van der Waals surface area (Å²) in [5.41, 5.74) is 0.999. The summed E-state index contributed by atoms with van der Waals surface area (Å²) in [5, 5.41) is 2.60. The van der Waals surface area contributed by atoms with Crippen LogP contribution in [0.2, 0.25) is 0 Å². The van der Waals surface area contributed by atoms with Crippen molar-refractivity contribution < 1.29 is 13.2 Å². The summed E-state index contributed by atoms with van der Waals surface area (Å²) in [6.45, 7) is 4.22. The fourth-order valence-corrected chi connectivity index (χ4v) is 2.49.